The Labute approximate surface area is 94.7 Å². The summed E-state index contributed by atoms with van der Waals surface area (Å²) < 4.78 is 2.92. The quantitative estimate of drug-likeness (QED) is 0.913. The van der Waals surface area contributed by atoms with E-state index in [1.54, 1.807) is 11.3 Å². The van der Waals surface area contributed by atoms with E-state index in [0.717, 1.165) is 27.3 Å². The predicted octanol–water partition coefficient (Wildman–Crippen LogP) is 2.98. The van der Waals surface area contributed by atoms with Gasteiger partial charge < -0.3 is 5.73 Å². The summed E-state index contributed by atoms with van der Waals surface area (Å²) in [6.07, 6.45) is 1.86. The molecule has 0 atom stereocenters. The number of rotatable bonds is 2. The molecule has 74 valence electrons. The molecular formula is C9H10BrN3S. The SMILES string of the molecule is CCn1cc(N)c(-c2cc(Br)cs2)n1. The van der Waals surface area contributed by atoms with Crippen molar-refractivity contribution in [3.05, 3.63) is 22.1 Å². The van der Waals surface area contributed by atoms with E-state index >= 15 is 0 Å². The molecule has 0 amide bonds. The van der Waals surface area contributed by atoms with Crippen LogP contribution in [0.3, 0.4) is 0 Å². The van der Waals surface area contributed by atoms with Crippen molar-refractivity contribution >= 4 is 33.0 Å². The van der Waals surface area contributed by atoms with Gasteiger partial charge in [-0.3, -0.25) is 4.68 Å². The number of thiophene rings is 1. The van der Waals surface area contributed by atoms with E-state index in [4.69, 9.17) is 5.73 Å². The van der Waals surface area contributed by atoms with Gasteiger partial charge in [0.15, 0.2) is 0 Å². The van der Waals surface area contributed by atoms with Crippen molar-refractivity contribution in [2.45, 2.75) is 13.5 Å². The molecule has 3 nitrogen and oxygen atoms in total. The molecule has 0 radical (unpaired) electrons. The van der Waals surface area contributed by atoms with Crippen molar-refractivity contribution in [1.82, 2.24) is 9.78 Å². The number of nitrogens with zero attached hydrogens (tertiary/aromatic N) is 2. The van der Waals surface area contributed by atoms with E-state index in [0.29, 0.717) is 0 Å². The number of hydrogen-bond donors (Lipinski definition) is 1. The molecule has 0 bridgehead atoms. The minimum Gasteiger partial charge on any atom is -0.396 e. The molecule has 5 heteroatoms. The lowest BCUT2D eigenvalue weighted by Crippen LogP contribution is -1.93. The lowest BCUT2D eigenvalue weighted by molar-refractivity contribution is 0.662. The van der Waals surface area contributed by atoms with Gasteiger partial charge in [0.05, 0.1) is 10.6 Å². The largest absolute Gasteiger partial charge is 0.396 e. The Morgan fingerprint density at radius 2 is 2.43 bits per heavy atom. The minimum absolute atomic E-state index is 0.737. The first-order valence-corrected chi connectivity index (χ1v) is 5.95. The van der Waals surface area contributed by atoms with Gasteiger partial charge in [-0.25, -0.2) is 0 Å². The molecule has 0 aliphatic carbocycles. The summed E-state index contributed by atoms with van der Waals surface area (Å²) in [5, 5.41) is 6.42. The molecule has 2 rings (SSSR count). The highest BCUT2D eigenvalue weighted by atomic mass is 79.9. The third-order valence-corrected chi connectivity index (χ3v) is 3.61. The average molecular weight is 272 g/mol. The van der Waals surface area contributed by atoms with E-state index in [1.165, 1.54) is 0 Å². The summed E-state index contributed by atoms with van der Waals surface area (Å²) in [4.78, 5) is 1.10. The number of hydrogen-bond acceptors (Lipinski definition) is 3. The van der Waals surface area contributed by atoms with Crippen LogP contribution in [0, 0.1) is 0 Å². The van der Waals surface area contributed by atoms with Gasteiger partial charge in [-0.05, 0) is 28.9 Å². The van der Waals surface area contributed by atoms with Gasteiger partial charge >= 0.3 is 0 Å². The third-order valence-electron chi connectivity index (χ3n) is 1.91. The van der Waals surface area contributed by atoms with Crippen LogP contribution in [0.15, 0.2) is 22.1 Å². The van der Waals surface area contributed by atoms with Crippen molar-refractivity contribution in [2.75, 3.05) is 5.73 Å². The Morgan fingerprint density at radius 3 is 2.93 bits per heavy atom. The monoisotopic (exact) mass is 271 g/mol. The number of nitrogens with two attached hydrogens (primary N) is 1. The van der Waals surface area contributed by atoms with Crippen LogP contribution in [-0.4, -0.2) is 9.78 Å². The molecule has 2 N–H and O–H groups in total. The lowest BCUT2D eigenvalue weighted by Gasteiger charge is -1.92. The molecule has 14 heavy (non-hydrogen) atoms. The third kappa shape index (κ3) is 1.69. The molecule has 0 unspecified atom stereocenters. The molecule has 2 aromatic heterocycles. The van der Waals surface area contributed by atoms with Crippen molar-refractivity contribution in [2.24, 2.45) is 0 Å². The summed E-state index contributed by atoms with van der Waals surface area (Å²) in [5.74, 6) is 0. The normalized spacial score (nSPS) is 10.7. The Kier molecular flexibility index (Phi) is 2.60. The van der Waals surface area contributed by atoms with Crippen LogP contribution >= 0.6 is 27.3 Å². The standard InChI is InChI=1S/C9H10BrN3S/c1-2-13-4-7(11)9(12-13)8-3-6(10)5-14-8/h3-5H,2,11H2,1H3. The van der Waals surface area contributed by atoms with Crippen LogP contribution in [-0.2, 0) is 6.54 Å². The molecule has 2 heterocycles. The van der Waals surface area contributed by atoms with Crippen molar-refractivity contribution in [3.63, 3.8) is 0 Å². The summed E-state index contributed by atoms with van der Waals surface area (Å²) >= 11 is 5.05. The second-order valence-corrected chi connectivity index (χ2v) is 4.74. The Balaban J connectivity index is 2.45. The second kappa shape index (κ2) is 3.74. The minimum atomic E-state index is 0.737. The Hall–Kier alpha value is -0.810. The first-order chi connectivity index (χ1) is 6.70. The van der Waals surface area contributed by atoms with Crippen LogP contribution in [0.5, 0.6) is 0 Å². The van der Waals surface area contributed by atoms with Gasteiger partial charge in [-0.15, -0.1) is 11.3 Å². The number of aromatic nitrogens is 2. The van der Waals surface area contributed by atoms with E-state index in [2.05, 4.69) is 21.0 Å². The van der Waals surface area contributed by atoms with Crippen LogP contribution in [0.25, 0.3) is 10.6 Å². The van der Waals surface area contributed by atoms with E-state index in [9.17, 15) is 0 Å². The smallest absolute Gasteiger partial charge is 0.125 e. The summed E-state index contributed by atoms with van der Waals surface area (Å²) in [7, 11) is 0. The van der Waals surface area contributed by atoms with Crippen molar-refractivity contribution < 1.29 is 0 Å². The first-order valence-electron chi connectivity index (χ1n) is 4.28. The van der Waals surface area contributed by atoms with Crippen molar-refractivity contribution in [3.8, 4) is 10.6 Å². The molecule has 0 aromatic carbocycles. The number of nitrogen functional groups attached to an aromatic ring is 1. The summed E-state index contributed by atoms with van der Waals surface area (Å²) in [6, 6.07) is 2.03. The van der Waals surface area contributed by atoms with Crippen LogP contribution in [0.4, 0.5) is 5.69 Å². The molecule has 0 aliphatic rings. The number of aryl methyl sites for hydroxylation is 1. The first kappa shape index (κ1) is 9.73. The maximum atomic E-state index is 5.87. The lowest BCUT2D eigenvalue weighted by atomic mass is 10.3. The van der Waals surface area contributed by atoms with Crippen molar-refractivity contribution in [1.29, 1.82) is 0 Å². The number of halogens is 1. The second-order valence-electron chi connectivity index (χ2n) is 2.92. The Morgan fingerprint density at radius 1 is 1.64 bits per heavy atom. The topological polar surface area (TPSA) is 43.8 Å². The van der Waals surface area contributed by atoms with Gasteiger partial charge in [-0.2, -0.15) is 5.10 Å². The molecule has 0 saturated carbocycles. The zero-order valence-corrected chi connectivity index (χ0v) is 10.1. The van der Waals surface area contributed by atoms with Crippen LogP contribution < -0.4 is 5.73 Å². The predicted molar refractivity (Wildman–Crippen MR) is 63.3 cm³/mol. The van der Waals surface area contributed by atoms with Crippen LogP contribution in [0.1, 0.15) is 6.92 Å². The fourth-order valence-corrected chi connectivity index (χ4v) is 2.66. The van der Waals surface area contributed by atoms with E-state index in [-0.39, 0.29) is 0 Å². The zero-order chi connectivity index (χ0) is 10.1. The fourth-order valence-electron chi connectivity index (χ4n) is 1.23. The molecule has 0 aliphatic heterocycles. The number of anilines is 1. The molecule has 2 aromatic rings. The van der Waals surface area contributed by atoms with Gasteiger partial charge in [0.2, 0.25) is 0 Å². The van der Waals surface area contributed by atoms with E-state index in [1.807, 2.05) is 29.2 Å². The van der Waals surface area contributed by atoms with Gasteiger partial charge in [0.1, 0.15) is 5.69 Å². The van der Waals surface area contributed by atoms with Gasteiger partial charge in [0.25, 0.3) is 0 Å². The summed E-state index contributed by atoms with van der Waals surface area (Å²) in [6.45, 7) is 2.89. The van der Waals surface area contributed by atoms with Gasteiger partial charge in [-0.1, -0.05) is 0 Å². The zero-order valence-electron chi connectivity index (χ0n) is 7.70. The highest BCUT2D eigenvalue weighted by Gasteiger charge is 2.09. The van der Waals surface area contributed by atoms with Gasteiger partial charge in [0, 0.05) is 22.6 Å². The molecule has 0 saturated heterocycles. The maximum Gasteiger partial charge on any atom is 0.125 e. The average Bonchev–Trinajstić information content (AvgIpc) is 2.71. The molecule has 0 spiro atoms. The fraction of sp³-hybridized carbons (Fsp3) is 0.222. The highest BCUT2D eigenvalue weighted by Crippen LogP contribution is 2.32. The van der Waals surface area contributed by atoms with E-state index < -0.39 is 0 Å². The maximum absolute atomic E-state index is 5.87. The highest BCUT2D eigenvalue weighted by molar-refractivity contribution is 9.10. The Bertz CT molecular complexity index is 447. The molecular weight excluding hydrogens is 262 g/mol. The van der Waals surface area contributed by atoms with Crippen LogP contribution in [0.2, 0.25) is 0 Å². The summed E-state index contributed by atoms with van der Waals surface area (Å²) in [5.41, 5.74) is 7.48. The molecule has 0 fully saturated rings.